The van der Waals surface area contributed by atoms with E-state index in [1.807, 2.05) is 12.1 Å². The first kappa shape index (κ1) is 16.7. The highest BCUT2D eigenvalue weighted by molar-refractivity contribution is 5.79. The van der Waals surface area contributed by atoms with Crippen LogP contribution in [0.25, 0.3) is 11.1 Å². The number of carbonyl (C=O) groups is 1. The Kier molecular flexibility index (Phi) is 4.44. The van der Waals surface area contributed by atoms with Crippen LogP contribution in [0.4, 0.5) is 4.39 Å². The average Bonchev–Trinajstić information content (AvgIpc) is 2.94. The van der Waals surface area contributed by atoms with E-state index >= 15 is 0 Å². The van der Waals surface area contributed by atoms with Gasteiger partial charge in [0.2, 0.25) is 0 Å². The SMILES string of the molecule is COc1ccc(F)c(-c2ccc(C=O)cc2C2CCCC2(C)C)c1. The number of benzene rings is 2. The van der Waals surface area contributed by atoms with Crippen molar-refractivity contribution in [3.8, 4) is 16.9 Å². The van der Waals surface area contributed by atoms with Gasteiger partial charge in [-0.05, 0) is 59.6 Å². The van der Waals surface area contributed by atoms with Crippen molar-refractivity contribution in [2.75, 3.05) is 7.11 Å². The zero-order chi connectivity index (χ0) is 17.3. The molecule has 0 bridgehead atoms. The molecule has 0 saturated heterocycles. The quantitative estimate of drug-likeness (QED) is 0.683. The molecule has 0 aliphatic heterocycles. The third kappa shape index (κ3) is 2.95. The van der Waals surface area contributed by atoms with Crippen molar-refractivity contribution in [3.05, 3.63) is 53.3 Å². The molecule has 0 N–H and O–H groups in total. The normalized spacial score (nSPS) is 19.2. The highest BCUT2D eigenvalue weighted by Gasteiger charge is 2.37. The van der Waals surface area contributed by atoms with E-state index in [2.05, 4.69) is 13.8 Å². The molecule has 24 heavy (non-hydrogen) atoms. The number of carbonyl (C=O) groups excluding carboxylic acids is 1. The summed E-state index contributed by atoms with van der Waals surface area (Å²) in [7, 11) is 1.58. The highest BCUT2D eigenvalue weighted by atomic mass is 19.1. The molecular weight excluding hydrogens is 303 g/mol. The molecule has 0 spiro atoms. The summed E-state index contributed by atoms with van der Waals surface area (Å²) >= 11 is 0. The van der Waals surface area contributed by atoms with Crippen LogP contribution in [-0.4, -0.2) is 13.4 Å². The first-order valence-corrected chi connectivity index (χ1v) is 8.39. The van der Waals surface area contributed by atoms with Crippen LogP contribution in [0.2, 0.25) is 0 Å². The van der Waals surface area contributed by atoms with Gasteiger partial charge in [0, 0.05) is 11.1 Å². The fraction of sp³-hybridized carbons (Fsp3) is 0.381. The molecule has 1 aliphatic rings. The average molecular weight is 326 g/mol. The lowest BCUT2D eigenvalue weighted by Crippen LogP contribution is -2.16. The molecule has 126 valence electrons. The maximum absolute atomic E-state index is 14.5. The summed E-state index contributed by atoms with van der Waals surface area (Å²) in [4.78, 5) is 11.3. The summed E-state index contributed by atoms with van der Waals surface area (Å²) in [5.41, 5.74) is 3.24. The summed E-state index contributed by atoms with van der Waals surface area (Å²) < 4.78 is 19.8. The second kappa shape index (κ2) is 6.39. The summed E-state index contributed by atoms with van der Waals surface area (Å²) in [6.07, 6.45) is 4.22. The number of hydrogen-bond donors (Lipinski definition) is 0. The molecule has 1 atom stereocenters. The Morgan fingerprint density at radius 2 is 1.96 bits per heavy atom. The van der Waals surface area contributed by atoms with Crippen LogP contribution in [-0.2, 0) is 0 Å². The molecule has 1 aliphatic carbocycles. The largest absolute Gasteiger partial charge is 0.497 e. The van der Waals surface area contributed by atoms with Gasteiger partial charge in [-0.25, -0.2) is 4.39 Å². The fourth-order valence-electron chi connectivity index (χ4n) is 3.93. The van der Waals surface area contributed by atoms with Crippen LogP contribution in [0.3, 0.4) is 0 Å². The predicted molar refractivity (Wildman–Crippen MR) is 94.1 cm³/mol. The molecule has 0 radical (unpaired) electrons. The second-order valence-corrected chi connectivity index (χ2v) is 7.24. The van der Waals surface area contributed by atoms with Gasteiger partial charge < -0.3 is 4.74 Å². The summed E-state index contributed by atoms with van der Waals surface area (Å²) in [6, 6.07) is 10.3. The summed E-state index contributed by atoms with van der Waals surface area (Å²) in [5.74, 6) is 0.673. The Bertz CT molecular complexity index is 764. The van der Waals surface area contributed by atoms with Crippen molar-refractivity contribution in [2.45, 2.75) is 39.0 Å². The lowest BCUT2D eigenvalue weighted by atomic mass is 9.75. The third-order valence-electron chi connectivity index (χ3n) is 5.31. The van der Waals surface area contributed by atoms with Crippen molar-refractivity contribution < 1.29 is 13.9 Å². The van der Waals surface area contributed by atoms with Crippen LogP contribution in [0.15, 0.2) is 36.4 Å². The Balaban J connectivity index is 2.20. The minimum atomic E-state index is -0.272. The van der Waals surface area contributed by atoms with Crippen molar-refractivity contribution in [2.24, 2.45) is 5.41 Å². The van der Waals surface area contributed by atoms with Gasteiger partial charge in [-0.3, -0.25) is 4.79 Å². The standard InChI is InChI=1S/C21H23FO2/c1-21(2)10-4-5-19(21)17-11-14(13-23)6-8-16(17)18-12-15(24-3)7-9-20(18)22/h6-9,11-13,19H,4-5,10H2,1-3H3. The van der Waals surface area contributed by atoms with Gasteiger partial charge in [-0.15, -0.1) is 0 Å². The van der Waals surface area contributed by atoms with Gasteiger partial charge in [0.05, 0.1) is 7.11 Å². The number of aldehydes is 1. The minimum absolute atomic E-state index is 0.144. The monoisotopic (exact) mass is 326 g/mol. The van der Waals surface area contributed by atoms with Gasteiger partial charge in [0.1, 0.15) is 17.9 Å². The lowest BCUT2D eigenvalue weighted by Gasteiger charge is -2.29. The van der Waals surface area contributed by atoms with Gasteiger partial charge in [-0.2, -0.15) is 0 Å². The Morgan fingerprint density at radius 1 is 1.17 bits per heavy atom. The topological polar surface area (TPSA) is 26.3 Å². The molecule has 3 rings (SSSR count). The van der Waals surface area contributed by atoms with E-state index in [4.69, 9.17) is 4.74 Å². The van der Waals surface area contributed by atoms with Crippen molar-refractivity contribution >= 4 is 6.29 Å². The second-order valence-electron chi connectivity index (χ2n) is 7.24. The molecule has 1 unspecified atom stereocenters. The van der Waals surface area contributed by atoms with E-state index in [1.54, 1.807) is 25.3 Å². The minimum Gasteiger partial charge on any atom is -0.497 e. The van der Waals surface area contributed by atoms with E-state index in [-0.39, 0.29) is 11.2 Å². The van der Waals surface area contributed by atoms with Gasteiger partial charge in [-0.1, -0.05) is 32.4 Å². The van der Waals surface area contributed by atoms with E-state index < -0.39 is 0 Å². The summed E-state index contributed by atoms with van der Waals surface area (Å²) in [6.45, 7) is 4.51. The molecule has 2 nitrogen and oxygen atoms in total. The zero-order valence-corrected chi connectivity index (χ0v) is 14.4. The molecule has 2 aromatic rings. The predicted octanol–water partition coefficient (Wildman–Crippen LogP) is 5.61. The zero-order valence-electron chi connectivity index (χ0n) is 14.4. The van der Waals surface area contributed by atoms with Gasteiger partial charge in [0.15, 0.2) is 0 Å². The van der Waals surface area contributed by atoms with Crippen LogP contribution in [0, 0.1) is 11.2 Å². The maximum Gasteiger partial charge on any atom is 0.150 e. The number of halogens is 1. The Hall–Kier alpha value is -2.16. The first-order chi connectivity index (χ1) is 11.5. The molecule has 3 heteroatoms. The fourth-order valence-corrected chi connectivity index (χ4v) is 3.93. The maximum atomic E-state index is 14.5. The molecule has 0 aromatic heterocycles. The highest BCUT2D eigenvalue weighted by Crippen LogP contribution is 2.51. The van der Waals surface area contributed by atoms with Crippen molar-refractivity contribution in [1.29, 1.82) is 0 Å². The summed E-state index contributed by atoms with van der Waals surface area (Å²) in [5, 5.41) is 0. The smallest absolute Gasteiger partial charge is 0.150 e. The lowest BCUT2D eigenvalue weighted by molar-refractivity contribution is 0.112. The van der Waals surface area contributed by atoms with E-state index in [1.165, 1.54) is 6.07 Å². The number of ether oxygens (including phenoxy) is 1. The molecule has 2 aromatic carbocycles. The molecule has 0 heterocycles. The Morgan fingerprint density at radius 3 is 2.58 bits per heavy atom. The molecule has 1 saturated carbocycles. The van der Waals surface area contributed by atoms with Crippen molar-refractivity contribution in [3.63, 3.8) is 0 Å². The molecular formula is C21H23FO2. The van der Waals surface area contributed by atoms with Crippen molar-refractivity contribution in [1.82, 2.24) is 0 Å². The van der Waals surface area contributed by atoms with Crippen LogP contribution in [0.5, 0.6) is 5.75 Å². The van der Waals surface area contributed by atoms with Crippen LogP contribution < -0.4 is 4.74 Å². The first-order valence-electron chi connectivity index (χ1n) is 8.39. The van der Waals surface area contributed by atoms with E-state index in [0.29, 0.717) is 22.8 Å². The van der Waals surface area contributed by atoms with Crippen LogP contribution >= 0.6 is 0 Å². The molecule has 1 fully saturated rings. The van der Waals surface area contributed by atoms with E-state index in [9.17, 15) is 9.18 Å². The molecule has 0 amide bonds. The van der Waals surface area contributed by atoms with Crippen LogP contribution in [0.1, 0.15) is 54.9 Å². The number of methoxy groups -OCH3 is 1. The van der Waals surface area contributed by atoms with Gasteiger partial charge in [0.25, 0.3) is 0 Å². The van der Waals surface area contributed by atoms with E-state index in [0.717, 1.165) is 36.7 Å². The third-order valence-corrected chi connectivity index (χ3v) is 5.31. The number of hydrogen-bond acceptors (Lipinski definition) is 2. The Labute approximate surface area is 142 Å². The van der Waals surface area contributed by atoms with Gasteiger partial charge >= 0.3 is 0 Å². The number of rotatable bonds is 4.